The molecule has 0 aliphatic carbocycles. The zero-order valence-corrected chi connectivity index (χ0v) is 11.2. The molecule has 0 bridgehead atoms. The van der Waals surface area contributed by atoms with Crippen LogP contribution in [-0.4, -0.2) is 10.1 Å². The van der Waals surface area contributed by atoms with Crippen molar-refractivity contribution in [2.75, 3.05) is 0 Å². The summed E-state index contributed by atoms with van der Waals surface area (Å²) in [6.07, 6.45) is 3.62. The minimum absolute atomic E-state index is 0.481. The third kappa shape index (κ3) is 3.38. The summed E-state index contributed by atoms with van der Waals surface area (Å²) in [6, 6.07) is 9.93. The summed E-state index contributed by atoms with van der Waals surface area (Å²) in [5, 5.41) is 10.1. The Hall–Kier alpha value is -1.19. The van der Waals surface area contributed by atoms with Gasteiger partial charge in [0.15, 0.2) is 0 Å². The van der Waals surface area contributed by atoms with Crippen LogP contribution in [-0.2, 0) is 6.42 Å². The molecule has 17 heavy (non-hydrogen) atoms. The van der Waals surface area contributed by atoms with Gasteiger partial charge >= 0.3 is 0 Å². The summed E-state index contributed by atoms with van der Waals surface area (Å²) in [5.74, 6) is 0. The Morgan fingerprint density at radius 2 is 2.12 bits per heavy atom. The Balaban J connectivity index is 2.14. The van der Waals surface area contributed by atoms with Crippen molar-refractivity contribution in [1.82, 2.24) is 4.98 Å². The quantitative estimate of drug-likeness (QED) is 0.940. The molecule has 0 saturated heterocycles. The van der Waals surface area contributed by atoms with Crippen LogP contribution in [0.1, 0.15) is 22.8 Å². The molecule has 0 radical (unpaired) electrons. The van der Waals surface area contributed by atoms with Gasteiger partial charge in [0, 0.05) is 23.3 Å². The number of aromatic nitrogens is 1. The first-order valence-electron chi connectivity index (χ1n) is 5.49. The van der Waals surface area contributed by atoms with Gasteiger partial charge in [0.25, 0.3) is 0 Å². The normalized spacial score (nSPS) is 12.4. The van der Waals surface area contributed by atoms with E-state index in [1.54, 1.807) is 12.4 Å². The van der Waals surface area contributed by atoms with Gasteiger partial charge in [-0.2, -0.15) is 0 Å². The van der Waals surface area contributed by atoms with E-state index in [9.17, 15) is 5.11 Å². The maximum absolute atomic E-state index is 10.1. The van der Waals surface area contributed by atoms with Gasteiger partial charge in [0.2, 0.25) is 0 Å². The maximum Gasteiger partial charge on any atom is 0.0831 e. The monoisotopic (exact) mass is 291 g/mol. The predicted octanol–water partition coefficient (Wildman–Crippen LogP) is 3.43. The van der Waals surface area contributed by atoms with Crippen LogP contribution < -0.4 is 0 Å². The highest BCUT2D eigenvalue weighted by Gasteiger charge is 2.09. The molecule has 1 unspecified atom stereocenters. The molecule has 0 spiro atoms. The zero-order valence-electron chi connectivity index (χ0n) is 9.60. The standard InChI is InChI=1S/C14H14BrNO/c1-10-3-2-4-12(5-10)14(17)7-11-6-13(15)9-16-8-11/h2-6,8-9,14,17H,7H2,1H3. The van der Waals surface area contributed by atoms with Gasteiger partial charge < -0.3 is 5.11 Å². The first-order valence-corrected chi connectivity index (χ1v) is 6.28. The zero-order chi connectivity index (χ0) is 12.3. The smallest absolute Gasteiger partial charge is 0.0831 e. The van der Waals surface area contributed by atoms with Crippen molar-refractivity contribution in [2.45, 2.75) is 19.4 Å². The van der Waals surface area contributed by atoms with Crippen molar-refractivity contribution in [2.24, 2.45) is 0 Å². The molecule has 0 amide bonds. The molecule has 1 aromatic carbocycles. The van der Waals surface area contributed by atoms with E-state index < -0.39 is 6.10 Å². The number of hydrogen-bond acceptors (Lipinski definition) is 2. The Bertz CT molecular complexity index is 513. The third-order valence-corrected chi connectivity index (χ3v) is 3.05. The van der Waals surface area contributed by atoms with E-state index in [1.165, 1.54) is 0 Å². The summed E-state index contributed by atoms with van der Waals surface area (Å²) in [4.78, 5) is 4.09. The van der Waals surface area contributed by atoms with Gasteiger partial charge in [0.05, 0.1) is 6.10 Å². The van der Waals surface area contributed by atoms with Gasteiger partial charge in [-0.15, -0.1) is 0 Å². The van der Waals surface area contributed by atoms with Crippen LogP contribution in [0.3, 0.4) is 0 Å². The average Bonchev–Trinajstić information content (AvgIpc) is 2.29. The molecule has 88 valence electrons. The molecule has 2 aromatic rings. The van der Waals surface area contributed by atoms with Crippen LogP contribution in [0, 0.1) is 6.92 Å². The highest BCUT2D eigenvalue weighted by atomic mass is 79.9. The van der Waals surface area contributed by atoms with Crippen molar-refractivity contribution in [1.29, 1.82) is 0 Å². The number of nitrogens with zero attached hydrogens (tertiary/aromatic N) is 1. The number of halogens is 1. The summed E-state index contributed by atoms with van der Waals surface area (Å²) in [7, 11) is 0. The van der Waals surface area contributed by atoms with Crippen LogP contribution in [0.4, 0.5) is 0 Å². The fraction of sp³-hybridized carbons (Fsp3) is 0.214. The number of benzene rings is 1. The first-order chi connectivity index (χ1) is 8.15. The second kappa shape index (κ2) is 5.43. The van der Waals surface area contributed by atoms with E-state index in [2.05, 4.69) is 20.9 Å². The van der Waals surface area contributed by atoms with Gasteiger partial charge in [-0.05, 0) is 40.0 Å². The van der Waals surface area contributed by atoms with Gasteiger partial charge in [-0.25, -0.2) is 0 Å². The van der Waals surface area contributed by atoms with Crippen LogP contribution in [0.15, 0.2) is 47.2 Å². The second-order valence-corrected chi connectivity index (χ2v) is 5.06. The second-order valence-electron chi connectivity index (χ2n) is 4.15. The molecule has 1 atom stereocenters. The number of aliphatic hydroxyl groups is 1. The van der Waals surface area contributed by atoms with E-state index in [0.717, 1.165) is 21.2 Å². The number of aryl methyl sites for hydroxylation is 1. The summed E-state index contributed by atoms with van der Waals surface area (Å²) in [5.41, 5.74) is 3.13. The topological polar surface area (TPSA) is 33.1 Å². The summed E-state index contributed by atoms with van der Waals surface area (Å²) in [6.45, 7) is 2.02. The van der Waals surface area contributed by atoms with Crippen molar-refractivity contribution in [3.63, 3.8) is 0 Å². The van der Waals surface area contributed by atoms with E-state index in [0.29, 0.717) is 6.42 Å². The lowest BCUT2D eigenvalue weighted by atomic mass is 10.0. The van der Waals surface area contributed by atoms with Crippen LogP contribution in [0.25, 0.3) is 0 Å². The minimum atomic E-state index is -0.481. The lowest BCUT2D eigenvalue weighted by Crippen LogP contribution is -2.02. The molecule has 0 aliphatic heterocycles. The minimum Gasteiger partial charge on any atom is -0.388 e. The Labute approximate surface area is 109 Å². The van der Waals surface area contributed by atoms with E-state index in [-0.39, 0.29) is 0 Å². The lowest BCUT2D eigenvalue weighted by Gasteiger charge is -2.11. The number of aliphatic hydroxyl groups excluding tert-OH is 1. The van der Waals surface area contributed by atoms with Gasteiger partial charge in [-0.3, -0.25) is 4.98 Å². The molecule has 0 saturated carbocycles. The molecule has 2 rings (SSSR count). The molecule has 1 N–H and O–H groups in total. The summed E-state index contributed by atoms with van der Waals surface area (Å²) >= 11 is 3.38. The average molecular weight is 292 g/mol. The lowest BCUT2D eigenvalue weighted by molar-refractivity contribution is 0.178. The van der Waals surface area contributed by atoms with Gasteiger partial charge in [0.1, 0.15) is 0 Å². The highest BCUT2D eigenvalue weighted by Crippen LogP contribution is 2.20. The Morgan fingerprint density at radius 3 is 2.82 bits per heavy atom. The van der Waals surface area contributed by atoms with E-state index in [4.69, 9.17) is 0 Å². The fourth-order valence-corrected chi connectivity index (χ4v) is 2.20. The van der Waals surface area contributed by atoms with Crippen molar-refractivity contribution in [3.05, 3.63) is 63.9 Å². The van der Waals surface area contributed by atoms with Crippen molar-refractivity contribution in [3.8, 4) is 0 Å². The SMILES string of the molecule is Cc1cccc(C(O)Cc2cncc(Br)c2)c1. The molecule has 0 fully saturated rings. The third-order valence-electron chi connectivity index (χ3n) is 2.62. The number of rotatable bonds is 3. The Morgan fingerprint density at radius 1 is 1.29 bits per heavy atom. The molecule has 1 aromatic heterocycles. The Kier molecular flexibility index (Phi) is 3.92. The van der Waals surface area contributed by atoms with Crippen molar-refractivity contribution >= 4 is 15.9 Å². The van der Waals surface area contributed by atoms with E-state index >= 15 is 0 Å². The van der Waals surface area contributed by atoms with Crippen LogP contribution in [0.2, 0.25) is 0 Å². The highest BCUT2D eigenvalue weighted by molar-refractivity contribution is 9.10. The molecule has 3 heteroatoms. The molecule has 2 nitrogen and oxygen atoms in total. The predicted molar refractivity (Wildman–Crippen MR) is 71.8 cm³/mol. The molecule has 0 aliphatic rings. The fourth-order valence-electron chi connectivity index (χ4n) is 1.79. The largest absolute Gasteiger partial charge is 0.388 e. The number of hydrogen-bond donors (Lipinski definition) is 1. The van der Waals surface area contributed by atoms with E-state index in [1.807, 2.05) is 37.3 Å². The molecular weight excluding hydrogens is 278 g/mol. The first kappa shape index (κ1) is 12.3. The summed E-state index contributed by atoms with van der Waals surface area (Å²) < 4.78 is 0.937. The van der Waals surface area contributed by atoms with Gasteiger partial charge in [-0.1, -0.05) is 29.8 Å². The van der Waals surface area contributed by atoms with Crippen molar-refractivity contribution < 1.29 is 5.11 Å². The van der Waals surface area contributed by atoms with Crippen LogP contribution >= 0.6 is 15.9 Å². The maximum atomic E-state index is 10.1. The van der Waals surface area contributed by atoms with Crippen LogP contribution in [0.5, 0.6) is 0 Å². The number of pyridine rings is 1. The molecular formula is C14H14BrNO. The molecule has 1 heterocycles.